The monoisotopic (exact) mass is 317 g/mol. The van der Waals surface area contributed by atoms with Crippen molar-refractivity contribution < 1.29 is 9.52 Å². The van der Waals surface area contributed by atoms with Crippen LogP contribution >= 0.6 is 0 Å². The van der Waals surface area contributed by atoms with E-state index in [-0.39, 0.29) is 5.75 Å². The number of rotatable bonds is 3. The van der Waals surface area contributed by atoms with Crippen LogP contribution in [0.1, 0.15) is 5.56 Å². The van der Waals surface area contributed by atoms with Crippen molar-refractivity contribution in [1.29, 1.82) is 0 Å². The van der Waals surface area contributed by atoms with Crippen molar-refractivity contribution in [1.82, 2.24) is 9.97 Å². The Bertz CT molecular complexity index is 1010. The Labute approximate surface area is 138 Å². The van der Waals surface area contributed by atoms with Gasteiger partial charge in [-0.05, 0) is 48.9 Å². The first kappa shape index (κ1) is 14.3. The minimum absolute atomic E-state index is 0.169. The Morgan fingerprint density at radius 2 is 1.88 bits per heavy atom. The van der Waals surface area contributed by atoms with E-state index in [0.717, 1.165) is 16.5 Å². The minimum atomic E-state index is 0.169. The predicted molar refractivity (Wildman–Crippen MR) is 93.4 cm³/mol. The van der Waals surface area contributed by atoms with E-state index in [1.165, 1.54) is 0 Å². The third kappa shape index (κ3) is 2.56. The first-order valence-corrected chi connectivity index (χ1v) is 7.58. The van der Waals surface area contributed by atoms with Gasteiger partial charge in [0, 0.05) is 5.39 Å². The number of anilines is 2. The van der Waals surface area contributed by atoms with Crippen molar-refractivity contribution in [2.24, 2.45) is 0 Å². The summed E-state index contributed by atoms with van der Waals surface area (Å²) in [5.41, 5.74) is 2.44. The highest BCUT2D eigenvalue weighted by Crippen LogP contribution is 2.31. The Balaban J connectivity index is 1.88. The minimum Gasteiger partial charge on any atom is -0.506 e. The molecule has 4 aromatic rings. The van der Waals surface area contributed by atoms with Gasteiger partial charge >= 0.3 is 0 Å². The molecule has 0 fully saturated rings. The molecule has 0 aliphatic heterocycles. The molecule has 118 valence electrons. The summed E-state index contributed by atoms with van der Waals surface area (Å²) in [6, 6.07) is 16.7. The maximum atomic E-state index is 10.1. The molecular formula is C19H15N3O2. The Hall–Kier alpha value is -3.34. The van der Waals surface area contributed by atoms with E-state index in [9.17, 15) is 5.11 Å². The quantitative estimate of drug-likeness (QED) is 0.538. The first-order valence-electron chi connectivity index (χ1n) is 7.58. The van der Waals surface area contributed by atoms with Gasteiger partial charge < -0.3 is 14.8 Å². The van der Waals surface area contributed by atoms with Crippen LogP contribution in [0.3, 0.4) is 0 Å². The summed E-state index contributed by atoms with van der Waals surface area (Å²) < 4.78 is 5.41. The van der Waals surface area contributed by atoms with Crippen molar-refractivity contribution in [3.05, 3.63) is 66.4 Å². The second kappa shape index (κ2) is 5.70. The van der Waals surface area contributed by atoms with Crippen molar-refractivity contribution in [3.8, 4) is 17.3 Å². The van der Waals surface area contributed by atoms with Crippen LogP contribution in [0.25, 0.3) is 22.5 Å². The number of hydrogen-bond donors (Lipinski definition) is 2. The second-order valence-corrected chi connectivity index (χ2v) is 5.54. The number of hydrogen-bond acceptors (Lipinski definition) is 5. The molecular weight excluding hydrogens is 302 g/mol. The largest absolute Gasteiger partial charge is 0.506 e. The van der Waals surface area contributed by atoms with E-state index >= 15 is 0 Å². The maximum Gasteiger partial charge on any atom is 0.198 e. The molecule has 0 saturated carbocycles. The van der Waals surface area contributed by atoms with Gasteiger partial charge in [-0.25, -0.2) is 9.97 Å². The molecule has 0 saturated heterocycles. The van der Waals surface area contributed by atoms with Crippen LogP contribution in [0.2, 0.25) is 0 Å². The maximum absolute atomic E-state index is 10.1. The summed E-state index contributed by atoms with van der Waals surface area (Å²) in [6.07, 6.45) is 1.59. The van der Waals surface area contributed by atoms with Gasteiger partial charge in [-0.3, -0.25) is 0 Å². The summed E-state index contributed by atoms with van der Waals surface area (Å²) in [6.45, 7) is 1.97. The summed E-state index contributed by atoms with van der Waals surface area (Å²) in [7, 11) is 0. The average molecular weight is 317 g/mol. The zero-order valence-electron chi connectivity index (χ0n) is 13.0. The molecule has 2 aromatic carbocycles. The van der Waals surface area contributed by atoms with Gasteiger partial charge in [0.15, 0.2) is 11.6 Å². The van der Waals surface area contributed by atoms with Gasteiger partial charge in [-0.1, -0.05) is 18.2 Å². The Morgan fingerprint density at radius 3 is 2.71 bits per heavy atom. The molecule has 2 N–H and O–H groups in total. The van der Waals surface area contributed by atoms with Crippen molar-refractivity contribution in [2.75, 3.05) is 5.32 Å². The number of phenols is 1. The second-order valence-electron chi connectivity index (χ2n) is 5.54. The van der Waals surface area contributed by atoms with E-state index in [4.69, 9.17) is 4.42 Å². The topological polar surface area (TPSA) is 71.2 Å². The number of nitrogens with zero attached hydrogens (tertiary/aromatic N) is 2. The fourth-order valence-corrected chi connectivity index (χ4v) is 2.57. The number of nitrogens with one attached hydrogen (secondary N) is 1. The first-order chi connectivity index (χ1) is 11.7. The van der Waals surface area contributed by atoms with E-state index in [0.29, 0.717) is 23.1 Å². The van der Waals surface area contributed by atoms with Crippen LogP contribution in [-0.4, -0.2) is 15.1 Å². The van der Waals surface area contributed by atoms with Gasteiger partial charge in [0.25, 0.3) is 0 Å². The Morgan fingerprint density at radius 1 is 1.00 bits per heavy atom. The fourth-order valence-electron chi connectivity index (χ4n) is 2.57. The van der Waals surface area contributed by atoms with Crippen LogP contribution in [-0.2, 0) is 0 Å². The molecule has 2 aromatic heterocycles. The third-order valence-electron chi connectivity index (χ3n) is 3.75. The highest BCUT2D eigenvalue weighted by Gasteiger charge is 2.12. The lowest BCUT2D eigenvalue weighted by Crippen LogP contribution is -1.99. The molecule has 0 atom stereocenters. The van der Waals surface area contributed by atoms with Crippen molar-refractivity contribution >= 4 is 22.4 Å². The summed E-state index contributed by atoms with van der Waals surface area (Å²) in [4.78, 5) is 9.13. The number of aromatic hydroxyl groups is 1. The SMILES string of the molecule is Cc1ccc(O)c(Nc2nc(-c3ccco3)nc3ccccc23)c1. The molecule has 0 bridgehead atoms. The molecule has 24 heavy (non-hydrogen) atoms. The van der Waals surface area contributed by atoms with Gasteiger partial charge in [0.05, 0.1) is 17.5 Å². The van der Waals surface area contributed by atoms with E-state index in [1.54, 1.807) is 18.4 Å². The zero-order valence-corrected chi connectivity index (χ0v) is 13.0. The molecule has 0 radical (unpaired) electrons. The molecule has 5 heteroatoms. The highest BCUT2D eigenvalue weighted by atomic mass is 16.3. The van der Waals surface area contributed by atoms with Gasteiger partial charge in [0.1, 0.15) is 11.6 Å². The van der Waals surface area contributed by atoms with E-state index in [2.05, 4.69) is 15.3 Å². The van der Waals surface area contributed by atoms with Crippen LogP contribution in [0, 0.1) is 6.92 Å². The van der Waals surface area contributed by atoms with Crippen LogP contribution in [0.5, 0.6) is 5.75 Å². The number of furan rings is 1. The zero-order chi connectivity index (χ0) is 16.5. The molecule has 5 nitrogen and oxygen atoms in total. The molecule has 0 unspecified atom stereocenters. The number of benzene rings is 2. The third-order valence-corrected chi connectivity index (χ3v) is 3.75. The van der Waals surface area contributed by atoms with Gasteiger partial charge in [-0.15, -0.1) is 0 Å². The lowest BCUT2D eigenvalue weighted by Gasteiger charge is -2.12. The Kier molecular flexibility index (Phi) is 3.39. The molecule has 0 aliphatic carbocycles. The molecule has 0 spiro atoms. The van der Waals surface area contributed by atoms with Crippen LogP contribution in [0.4, 0.5) is 11.5 Å². The van der Waals surface area contributed by atoms with Crippen molar-refractivity contribution in [2.45, 2.75) is 6.92 Å². The van der Waals surface area contributed by atoms with E-state index in [1.807, 2.05) is 49.4 Å². The van der Waals surface area contributed by atoms with Crippen LogP contribution in [0.15, 0.2) is 65.3 Å². The smallest absolute Gasteiger partial charge is 0.198 e. The average Bonchev–Trinajstić information content (AvgIpc) is 3.13. The van der Waals surface area contributed by atoms with Gasteiger partial charge in [-0.2, -0.15) is 0 Å². The number of aryl methyl sites for hydroxylation is 1. The van der Waals surface area contributed by atoms with Crippen LogP contribution < -0.4 is 5.32 Å². The summed E-state index contributed by atoms with van der Waals surface area (Å²) in [5.74, 6) is 1.88. The molecule has 4 rings (SSSR count). The lowest BCUT2D eigenvalue weighted by atomic mass is 10.2. The van der Waals surface area contributed by atoms with Gasteiger partial charge in [0.2, 0.25) is 0 Å². The standard InChI is InChI=1S/C19H15N3O2/c1-12-8-9-16(23)15(11-12)21-18-13-5-2-3-6-14(13)20-19(22-18)17-7-4-10-24-17/h2-11,23H,1H3,(H,20,21,22). The molecule has 2 heterocycles. The lowest BCUT2D eigenvalue weighted by molar-refractivity contribution is 0.477. The number of para-hydroxylation sites is 1. The summed E-state index contributed by atoms with van der Waals surface area (Å²) in [5, 5.41) is 14.2. The normalized spacial score (nSPS) is 10.9. The van der Waals surface area contributed by atoms with E-state index < -0.39 is 0 Å². The fraction of sp³-hybridized carbons (Fsp3) is 0.0526. The number of aromatic nitrogens is 2. The summed E-state index contributed by atoms with van der Waals surface area (Å²) >= 11 is 0. The van der Waals surface area contributed by atoms with Crippen molar-refractivity contribution in [3.63, 3.8) is 0 Å². The molecule has 0 amide bonds. The number of fused-ring (bicyclic) bond motifs is 1. The highest BCUT2D eigenvalue weighted by molar-refractivity contribution is 5.92. The predicted octanol–water partition coefficient (Wildman–Crippen LogP) is 4.65. The molecule has 0 aliphatic rings. The number of phenolic OH excluding ortho intramolecular Hbond substituents is 1.